The SMILES string of the molecule is CCCCS(=O)(=O)N1CC(C)(OCC(=O)O)C1. The predicted molar refractivity (Wildman–Crippen MR) is 62.3 cm³/mol. The van der Waals surface area contributed by atoms with Crippen LogP contribution in [0.1, 0.15) is 26.7 Å². The molecule has 1 fully saturated rings. The predicted octanol–water partition coefficient (Wildman–Crippen LogP) is 0.292. The zero-order valence-corrected chi connectivity index (χ0v) is 11.0. The second kappa shape index (κ2) is 5.32. The molecule has 1 heterocycles. The fraction of sp³-hybridized carbons (Fsp3) is 0.900. The summed E-state index contributed by atoms with van der Waals surface area (Å²) in [5.74, 6) is -0.892. The molecule has 0 aliphatic carbocycles. The van der Waals surface area contributed by atoms with E-state index < -0.39 is 21.6 Å². The van der Waals surface area contributed by atoms with Crippen LogP contribution in [-0.2, 0) is 19.6 Å². The van der Waals surface area contributed by atoms with Crippen molar-refractivity contribution in [3.05, 3.63) is 0 Å². The van der Waals surface area contributed by atoms with Gasteiger partial charge in [-0.1, -0.05) is 13.3 Å². The maximum absolute atomic E-state index is 11.8. The summed E-state index contributed by atoms with van der Waals surface area (Å²) in [6, 6.07) is 0. The number of carboxylic acids is 1. The zero-order chi connectivity index (χ0) is 13.1. The van der Waals surface area contributed by atoms with Crippen molar-refractivity contribution in [3.63, 3.8) is 0 Å². The van der Waals surface area contributed by atoms with E-state index in [0.717, 1.165) is 6.42 Å². The van der Waals surface area contributed by atoms with Crippen LogP contribution in [0.5, 0.6) is 0 Å². The van der Waals surface area contributed by atoms with E-state index in [0.29, 0.717) is 6.42 Å². The second-order valence-corrected chi connectivity index (χ2v) is 6.66. The van der Waals surface area contributed by atoms with Gasteiger partial charge in [0.1, 0.15) is 6.61 Å². The van der Waals surface area contributed by atoms with E-state index in [9.17, 15) is 13.2 Å². The van der Waals surface area contributed by atoms with Gasteiger partial charge < -0.3 is 9.84 Å². The van der Waals surface area contributed by atoms with Crippen LogP contribution in [0.3, 0.4) is 0 Å². The summed E-state index contributed by atoms with van der Waals surface area (Å²) in [7, 11) is -3.19. The van der Waals surface area contributed by atoms with Gasteiger partial charge in [0.2, 0.25) is 10.0 Å². The lowest BCUT2D eigenvalue weighted by molar-refractivity contribution is -0.157. The Balaban J connectivity index is 2.42. The van der Waals surface area contributed by atoms with Crippen molar-refractivity contribution in [2.45, 2.75) is 32.3 Å². The standard InChI is InChI=1S/C10H19NO5S/c1-3-4-5-17(14,15)11-7-10(2,8-11)16-6-9(12)13/h3-8H2,1-2H3,(H,12,13). The van der Waals surface area contributed by atoms with Gasteiger partial charge in [-0.3, -0.25) is 0 Å². The average molecular weight is 265 g/mol. The van der Waals surface area contributed by atoms with E-state index >= 15 is 0 Å². The molecule has 7 heteroatoms. The van der Waals surface area contributed by atoms with Gasteiger partial charge in [0.15, 0.2) is 0 Å². The highest BCUT2D eigenvalue weighted by Crippen LogP contribution is 2.27. The molecular formula is C10H19NO5S. The molecule has 1 rings (SSSR count). The smallest absolute Gasteiger partial charge is 0.329 e. The lowest BCUT2D eigenvalue weighted by Crippen LogP contribution is -2.63. The molecular weight excluding hydrogens is 246 g/mol. The van der Waals surface area contributed by atoms with Gasteiger partial charge in [-0.15, -0.1) is 0 Å². The molecule has 0 aromatic carbocycles. The molecule has 0 atom stereocenters. The van der Waals surface area contributed by atoms with Crippen molar-refractivity contribution in [1.82, 2.24) is 4.31 Å². The number of hydrogen-bond acceptors (Lipinski definition) is 4. The molecule has 0 unspecified atom stereocenters. The van der Waals surface area contributed by atoms with Crippen LogP contribution in [0.15, 0.2) is 0 Å². The number of hydrogen-bond donors (Lipinski definition) is 1. The van der Waals surface area contributed by atoms with Crippen LogP contribution in [0.2, 0.25) is 0 Å². The van der Waals surface area contributed by atoms with Crippen molar-refractivity contribution in [2.24, 2.45) is 0 Å². The van der Waals surface area contributed by atoms with Crippen molar-refractivity contribution in [2.75, 3.05) is 25.4 Å². The minimum Gasteiger partial charge on any atom is -0.480 e. The van der Waals surface area contributed by atoms with Crippen LogP contribution in [0.4, 0.5) is 0 Å². The van der Waals surface area contributed by atoms with Crippen LogP contribution in [-0.4, -0.2) is 54.8 Å². The van der Waals surface area contributed by atoms with E-state index in [1.807, 2.05) is 6.92 Å². The lowest BCUT2D eigenvalue weighted by Gasteiger charge is -2.46. The van der Waals surface area contributed by atoms with Gasteiger partial charge >= 0.3 is 5.97 Å². The van der Waals surface area contributed by atoms with Crippen LogP contribution < -0.4 is 0 Å². The van der Waals surface area contributed by atoms with Crippen LogP contribution in [0.25, 0.3) is 0 Å². The van der Waals surface area contributed by atoms with Crippen molar-refractivity contribution >= 4 is 16.0 Å². The summed E-state index contributed by atoms with van der Waals surface area (Å²) in [6.45, 7) is 3.76. The van der Waals surface area contributed by atoms with Gasteiger partial charge in [0, 0.05) is 13.1 Å². The summed E-state index contributed by atoms with van der Waals surface area (Å²) in [5.41, 5.74) is -0.655. The molecule has 0 saturated carbocycles. The number of aliphatic carboxylic acids is 1. The quantitative estimate of drug-likeness (QED) is 0.715. The highest BCUT2D eigenvalue weighted by atomic mass is 32.2. The van der Waals surface area contributed by atoms with Crippen LogP contribution >= 0.6 is 0 Å². The van der Waals surface area contributed by atoms with Crippen LogP contribution in [0, 0.1) is 0 Å². The zero-order valence-electron chi connectivity index (χ0n) is 10.2. The molecule has 17 heavy (non-hydrogen) atoms. The van der Waals surface area contributed by atoms with E-state index in [2.05, 4.69) is 0 Å². The second-order valence-electron chi connectivity index (χ2n) is 4.57. The minimum atomic E-state index is -3.19. The van der Waals surface area contributed by atoms with Gasteiger partial charge in [-0.05, 0) is 13.3 Å². The Morgan fingerprint density at radius 3 is 2.53 bits per heavy atom. The molecule has 1 aliphatic heterocycles. The first-order valence-electron chi connectivity index (χ1n) is 5.63. The monoisotopic (exact) mass is 265 g/mol. The molecule has 1 N–H and O–H groups in total. The number of ether oxygens (including phenoxy) is 1. The lowest BCUT2D eigenvalue weighted by atomic mass is 10.0. The first-order valence-corrected chi connectivity index (χ1v) is 7.23. The van der Waals surface area contributed by atoms with E-state index in [-0.39, 0.29) is 25.4 Å². The summed E-state index contributed by atoms with van der Waals surface area (Å²) < 4.78 is 30.0. The molecule has 1 aliphatic rings. The van der Waals surface area contributed by atoms with E-state index in [4.69, 9.17) is 9.84 Å². The summed E-state index contributed by atoms with van der Waals surface area (Å²) >= 11 is 0. The maximum Gasteiger partial charge on any atom is 0.329 e. The van der Waals surface area contributed by atoms with Gasteiger partial charge in [0.25, 0.3) is 0 Å². The third-order valence-electron chi connectivity index (χ3n) is 2.71. The molecule has 0 aromatic rings. The molecule has 1 saturated heterocycles. The van der Waals surface area contributed by atoms with E-state index in [1.165, 1.54) is 4.31 Å². The average Bonchev–Trinajstić information content (AvgIpc) is 2.19. The third kappa shape index (κ3) is 3.93. The highest BCUT2D eigenvalue weighted by molar-refractivity contribution is 7.89. The number of carboxylic acid groups (broad SMARTS) is 1. The minimum absolute atomic E-state index is 0.151. The van der Waals surface area contributed by atoms with Crippen molar-refractivity contribution in [1.29, 1.82) is 0 Å². The fourth-order valence-electron chi connectivity index (χ4n) is 1.68. The maximum atomic E-state index is 11.8. The Morgan fingerprint density at radius 2 is 2.06 bits per heavy atom. The molecule has 0 radical (unpaired) electrons. The molecule has 0 aromatic heterocycles. The Kier molecular flexibility index (Phi) is 4.51. The van der Waals surface area contributed by atoms with Gasteiger partial charge in [-0.2, -0.15) is 4.31 Å². The topological polar surface area (TPSA) is 83.9 Å². The fourth-order valence-corrected chi connectivity index (χ4v) is 3.53. The number of rotatable bonds is 7. The Labute approximate surface area is 102 Å². The summed E-state index contributed by atoms with van der Waals surface area (Å²) in [4.78, 5) is 10.3. The van der Waals surface area contributed by atoms with Crippen molar-refractivity contribution in [3.8, 4) is 0 Å². The van der Waals surface area contributed by atoms with E-state index in [1.54, 1.807) is 6.92 Å². The van der Waals surface area contributed by atoms with Gasteiger partial charge in [-0.25, -0.2) is 13.2 Å². The number of carbonyl (C=O) groups is 1. The molecule has 0 spiro atoms. The first kappa shape index (κ1) is 14.4. The number of nitrogens with zero attached hydrogens (tertiary/aromatic N) is 1. The normalized spacial score (nSPS) is 19.9. The molecule has 100 valence electrons. The van der Waals surface area contributed by atoms with Gasteiger partial charge in [0.05, 0.1) is 11.4 Å². The Bertz CT molecular complexity index is 372. The number of sulfonamides is 1. The van der Waals surface area contributed by atoms with Crippen molar-refractivity contribution < 1.29 is 23.1 Å². The summed E-state index contributed by atoms with van der Waals surface area (Å²) in [5, 5.41) is 8.48. The third-order valence-corrected chi connectivity index (χ3v) is 4.56. The first-order chi connectivity index (χ1) is 7.79. The highest BCUT2D eigenvalue weighted by Gasteiger charge is 2.45. The largest absolute Gasteiger partial charge is 0.480 e. The Hall–Kier alpha value is -0.660. The number of unbranched alkanes of at least 4 members (excludes halogenated alkanes) is 1. The Morgan fingerprint density at radius 1 is 1.47 bits per heavy atom. The molecule has 0 amide bonds. The molecule has 6 nitrogen and oxygen atoms in total. The summed E-state index contributed by atoms with van der Waals surface area (Å²) in [6.07, 6.45) is 1.48. The molecule has 0 bridgehead atoms.